The van der Waals surface area contributed by atoms with Gasteiger partial charge in [-0.3, -0.25) is 0 Å². The van der Waals surface area contributed by atoms with Crippen LogP contribution in [0.25, 0.3) is 0 Å². The standard InChI is InChI=1S/C11H10ClF2N3O3S/c1-6-15-16-9(17(6)2)5-20-7-3-4-8(21(12,18)19)11(14)10(7)13/h3-4H,5H2,1-2H3. The van der Waals surface area contributed by atoms with Gasteiger partial charge < -0.3 is 9.30 Å². The van der Waals surface area contributed by atoms with Crippen molar-refractivity contribution in [2.45, 2.75) is 18.4 Å². The predicted octanol–water partition coefficient (Wildman–Crippen LogP) is 1.91. The van der Waals surface area contributed by atoms with Crippen LogP contribution >= 0.6 is 10.7 Å². The Labute approximate surface area is 123 Å². The van der Waals surface area contributed by atoms with Gasteiger partial charge in [0, 0.05) is 17.7 Å². The molecule has 0 spiro atoms. The van der Waals surface area contributed by atoms with Crippen molar-refractivity contribution in [1.29, 1.82) is 0 Å². The van der Waals surface area contributed by atoms with Crippen LogP contribution in [-0.2, 0) is 22.7 Å². The molecule has 0 aliphatic heterocycles. The van der Waals surface area contributed by atoms with Crippen LogP contribution in [0.4, 0.5) is 8.78 Å². The molecular formula is C11H10ClF2N3O3S. The summed E-state index contributed by atoms with van der Waals surface area (Å²) in [5, 5.41) is 7.58. The molecule has 0 saturated heterocycles. The Morgan fingerprint density at radius 1 is 1.29 bits per heavy atom. The molecule has 0 N–H and O–H groups in total. The summed E-state index contributed by atoms with van der Waals surface area (Å²) in [7, 11) is 2.31. The second kappa shape index (κ2) is 5.57. The Morgan fingerprint density at radius 3 is 2.48 bits per heavy atom. The summed E-state index contributed by atoms with van der Waals surface area (Å²) < 4.78 is 56.1. The van der Waals surface area contributed by atoms with Crippen molar-refractivity contribution >= 4 is 19.7 Å². The van der Waals surface area contributed by atoms with Crippen molar-refractivity contribution in [2.24, 2.45) is 7.05 Å². The molecule has 10 heteroatoms. The summed E-state index contributed by atoms with van der Waals surface area (Å²) in [6.07, 6.45) is 0. The number of aromatic nitrogens is 3. The number of aryl methyl sites for hydroxylation is 1. The largest absolute Gasteiger partial charge is 0.482 e. The first-order valence-corrected chi connectivity index (χ1v) is 7.93. The third kappa shape index (κ3) is 3.13. The van der Waals surface area contributed by atoms with E-state index in [2.05, 4.69) is 10.2 Å². The highest BCUT2D eigenvalue weighted by atomic mass is 35.7. The van der Waals surface area contributed by atoms with Crippen LogP contribution in [-0.4, -0.2) is 23.2 Å². The highest BCUT2D eigenvalue weighted by Crippen LogP contribution is 2.27. The zero-order chi connectivity index (χ0) is 15.8. The van der Waals surface area contributed by atoms with E-state index in [-0.39, 0.29) is 6.61 Å². The first-order valence-electron chi connectivity index (χ1n) is 5.62. The topological polar surface area (TPSA) is 74.1 Å². The fraction of sp³-hybridized carbons (Fsp3) is 0.273. The molecule has 0 atom stereocenters. The van der Waals surface area contributed by atoms with Crippen molar-refractivity contribution < 1.29 is 21.9 Å². The van der Waals surface area contributed by atoms with E-state index in [1.165, 1.54) is 0 Å². The lowest BCUT2D eigenvalue weighted by Crippen LogP contribution is -2.07. The van der Waals surface area contributed by atoms with Crippen LogP contribution in [0, 0.1) is 18.6 Å². The molecule has 0 unspecified atom stereocenters. The highest BCUT2D eigenvalue weighted by Gasteiger charge is 2.22. The van der Waals surface area contributed by atoms with Crippen molar-refractivity contribution in [1.82, 2.24) is 14.8 Å². The van der Waals surface area contributed by atoms with E-state index in [4.69, 9.17) is 15.4 Å². The molecule has 0 bridgehead atoms. The van der Waals surface area contributed by atoms with Crippen LogP contribution in [0.1, 0.15) is 11.6 Å². The number of ether oxygens (including phenoxy) is 1. The molecule has 2 rings (SSSR count). The maximum atomic E-state index is 13.7. The van der Waals surface area contributed by atoms with Crippen LogP contribution in [0.15, 0.2) is 17.0 Å². The number of rotatable bonds is 4. The van der Waals surface area contributed by atoms with Crippen LogP contribution < -0.4 is 4.74 Å². The molecule has 21 heavy (non-hydrogen) atoms. The molecule has 114 valence electrons. The summed E-state index contributed by atoms with van der Waals surface area (Å²) in [5.74, 6) is -2.44. The Bertz CT molecular complexity index is 792. The van der Waals surface area contributed by atoms with Gasteiger partial charge in [-0.2, -0.15) is 4.39 Å². The molecule has 0 amide bonds. The van der Waals surface area contributed by atoms with Crippen LogP contribution in [0.5, 0.6) is 5.75 Å². The van der Waals surface area contributed by atoms with E-state index in [1.54, 1.807) is 18.5 Å². The third-order valence-electron chi connectivity index (χ3n) is 2.81. The lowest BCUT2D eigenvalue weighted by Gasteiger charge is -2.08. The van der Waals surface area contributed by atoms with E-state index in [9.17, 15) is 17.2 Å². The van der Waals surface area contributed by atoms with Crippen LogP contribution in [0.3, 0.4) is 0 Å². The van der Waals surface area contributed by atoms with Gasteiger partial charge in [-0.1, -0.05) is 0 Å². The monoisotopic (exact) mass is 337 g/mol. The second-order valence-corrected chi connectivity index (χ2v) is 6.67. The SMILES string of the molecule is Cc1nnc(COc2ccc(S(=O)(=O)Cl)c(F)c2F)n1C. The molecule has 1 aromatic carbocycles. The minimum atomic E-state index is -4.37. The second-order valence-electron chi connectivity index (χ2n) is 4.14. The zero-order valence-electron chi connectivity index (χ0n) is 11.0. The molecule has 0 aliphatic carbocycles. The van der Waals surface area contributed by atoms with Gasteiger partial charge in [0.1, 0.15) is 17.3 Å². The third-order valence-corrected chi connectivity index (χ3v) is 4.15. The molecule has 0 saturated carbocycles. The molecular weight excluding hydrogens is 328 g/mol. The molecule has 0 aliphatic rings. The van der Waals surface area contributed by atoms with Crippen molar-refractivity contribution in [2.75, 3.05) is 0 Å². The quantitative estimate of drug-likeness (QED) is 0.797. The number of hydrogen-bond acceptors (Lipinski definition) is 5. The maximum Gasteiger partial charge on any atom is 0.264 e. The predicted molar refractivity (Wildman–Crippen MR) is 69.5 cm³/mol. The molecule has 1 heterocycles. The number of hydrogen-bond donors (Lipinski definition) is 0. The molecule has 0 fully saturated rings. The zero-order valence-corrected chi connectivity index (χ0v) is 12.5. The lowest BCUT2D eigenvalue weighted by molar-refractivity contribution is 0.270. The Kier molecular flexibility index (Phi) is 4.15. The summed E-state index contributed by atoms with van der Waals surface area (Å²) in [5.41, 5.74) is 0. The first kappa shape index (κ1) is 15.6. The average Bonchev–Trinajstić information content (AvgIpc) is 2.70. The molecule has 2 aromatic rings. The van der Waals surface area contributed by atoms with Gasteiger partial charge in [0.05, 0.1) is 0 Å². The van der Waals surface area contributed by atoms with Gasteiger partial charge in [0.2, 0.25) is 5.82 Å². The minimum Gasteiger partial charge on any atom is -0.482 e. The van der Waals surface area contributed by atoms with E-state index >= 15 is 0 Å². The van der Waals surface area contributed by atoms with E-state index in [0.29, 0.717) is 11.6 Å². The molecule has 1 aromatic heterocycles. The van der Waals surface area contributed by atoms with E-state index in [1.807, 2.05) is 0 Å². The Balaban J connectivity index is 2.26. The summed E-state index contributed by atoms with van der Waals surface area (Å²) in [6, 6.07) is 1.81. The minimum absolute atomic E-state index is 0.152. The Hall–Kier alpha value is -1.74. The fourth-order valence-electron chi connectivity index (χ4n) is 1.53. The highest BCUT2D eigenvalue weighted by molar-refractivity contribution is 8.13. The van der Waals surface area contributed by atoms with E-state index < -0.39 is 31.3 Å². The summed E-state index contributed by atoms with van der Waals surface area (Å²) in [6.45, 7) is 1.57. The van der Waals surface area contributed by atoms with Crippen molar-refractivity contribution in [3.05, 3.63) is 35.4 Å². The smallest absolute Gasteiger partial charge is 0.264 e. The first-order chi connectivity index (χ1) is 9.71. The van der Waals surface area contributed by atoms with Gasteiger partial charge in [-0.05, 0) is 19.1 Å². The summed E-state index contributed by atoms with van der Waals surface area (Å²) in [4.78, 5) is -0.941. The van der Waals surface area contributed by atoms with Crippen molar-refractivity contribution in [3.63, 3.8) is 0 Å². The Morgan fingerprint density at radius 2 is 1.95 bits per heavy atom. The molecule has 0 radical (unpaired) electrons. The number of nitrogens with zero attached hydrogens (tertiary/aromatic N) is 3. The van der Waals surface area contributed by atoms with Gasteiger partial charge in [-0.25, -0.2) is 12.8 Å². The van der Waals surface area contributed by atoms with Gasteiger partial charge in [-0.15, -0.1) is 10.2 Å². The molecule has 6 nitrogen and oxygen atoms in total. The fourth-order valence-corrected chi connectivity index (χ4v) is 2.42. The van der Waals surface area contributed by atoms with E-state index in [0.717, 1.165) is 12.1 Å². The maximum absolute atomic E-state index is 13.7. The summed E-state index contributed by atoms with van der Waals surface area (Å²) >= 11 is 0. The average molecular weight is 338 g/mol. The van der Waals surface area contributed by atoms with Gasteiger partial charge in [0.25, 0.3) is 9.05 Å². The van der Waals surface area contributed by atoms with Crippen molar-refractivity contribution in [3.8, 4) is 5.75 Å². The number of halogens is 3. The van der Waals surface area contributed by atoms with Crippen LogP contribution in [0.2, 0.25) is 0 Å². The normalized spacial score (nSPS) is 11.7. The van der Waals surface area contributed by atoms with Gasteiger partial charge >= 0.3 is 0 Å². The number of benzene rings is 1. The lowest BCUT2D eigenvalue weighted by atomic mass is 10.3. The van der Waals surface area contributed by atoms with Gasteiger partial charge in [0.15, 0.2) is 17.4 Å².